The minimum atomic E-state index is -2.38. The Morgan fingerprint density at radius 2 is 1.31 bits per heavy atom. The number of carboxylic acids is 1. The van der Waals surface area contributed by atoms with Gasteiger partial charge < -0.3 is 138 Å². The van der Waals surface area contributed by atoms with Crippen molar-refractivity contribution in [2.75, 3.05) is 40.8 Å². The number of nitrogens with two attached hydrogens (primary N) is 1. The molecule has 7 aliphatic heterocycles. The smallest absolute Gasteiger partial charge is 0.330 e. The molecule has 36 nitrogen and oxygen atoms in total. The number of aliphatic carboxylic acids is 1. The number of carbonyl (C=O) groups excluding carboxylic acids is 8. The molecule has 0 saturated carbocycles. The predicted molar refractivity (Wildman–Crippen MR) is 442 cm³/mol. The molecule has 0 unspecified atom stereocenters. The number of carbonyl (C=O) groups is 9. The lowest BCUT2D eigenvalue weighted by Gasteiger charge is -2.48. The summed E-state index contributed by atoms with van der Waals surface area (Å²) in [6.07, 6.45) is -18.3. The number of aromatic hydroxyl groups is 3. The van der Waals surface area contributed by atoms with Crippen molar-refractivity contribution in [3.63, 3.8) is 0 Å². The molecule has 0 radical (unpaired) electrons. The summed E-state index contributed by atoms with van der Waals surface area (Å²) in [5.41, 5.74) is 3.90. The number of ether oxygens (including phenoxy) is 6. The molecule has 2 saturated heterocycles. The molecule has 8 amide bonds. The van der Waals surface area contributed by atoms with Crippen LogP contribution in [0.25, 0.3) is 11.1 Å². The van der Waals surface area contributed by atoms with Crippen LogP contribution in [-0.4, -0.2) is 229 Å². The minimum Gasteiger partial charge on any atom is -0.508 e. The fourth-order valence-electron chi connectivity index (χ4n) is 15.7. The van der Waals surface area contributed by atoms with Gasteiger partial charge in [-0.1, -0.05) is 97.7 Å². The van der Waals surface area contributed by atoms with E-state index in [4.69, 9.17) is 57.4 Å². The number of quaternary nitrogens is 1. The standard InChI is InChI=1S/C86H99Cl2N11O25/c1-39(2)26-53(90-5)78(111)97-68-70(105)45-19-22-57(51(87)28-45)120-59-30-47-31-60(74(59)124-85-75(73(108)72(107)61(38-100)122-85)123-63-35-86(4,76(109)40(3)119-63)92-36-41-14-16-43(17-15-41)77(110)91-24-11-25-99(6,7)37-42-12-9-8-10-13-42)121-58-23-20-46(29-52(58)88)71(106)69-83(116)96-67(84(117)118)50-32-48(101)33-56(103)64(50)49-27-44(18-21-55(49)102)65(80(113)98-69)95-81(114)66(47)94-79(112)54(34-62(89)104)93-82(68)115/h8-10,12-23,27-33,39-40,53-54,61,63,65-73,75-76,85,90,92,100,105-109H,11,24-26,34-38H2,1-7H3,(H12-,89,91,93,94,95,96,97,98,101,102,103,104,110,111,112,113,114,115,116,117,118)/p+1/t40-,53+,54-,61+,63-,65+,66+,67-,68+,69-,70+,71+,72+,73-,75+,76+,85-,86-/m0/s1. The summed E-state index contributed by atoms with van der Waals surface area (Å²) in [5.74, 6) is -16.4. The maximum absolute atomic E-state index is 16.3. The number of aliphatic hydroxyl groups excluding tert-OH is 6. The Hall–Kier alpha value is -11.3. The SMILES string of the molecule is CN[C@H](CC(C)C)C(=O)N[C@H]1C(=O)N[C@@H](CC(N)=O)C(=O)N[C@H]2C(=O)N[C@H]3C(=O)N[C@H](C(=O)N[C@H](C(=O)O)c4cc(O)cc(O)c4-c4cc3ccc4O)[C@H](O)c3ccc(c(Cl)c3)Oc3cc2cc(c3O[C@@H]2O[C@H](CO)[C@@H](O)[C@H](O)[C@H]2O[C@H]2C[C@](C)(NCc3ccc(C(=O)NCCC[N+](C)(C)Cc4ccccc4)cc3)[C@H](O)[C@H](C)O2)Oc2ccc(cc2Cl)[C@H]1O. The molecule has 7 aliphatic rings. The van der Waals surface area contributed by atoms with Crippen molar-refractivity contribution in [1.29, 1.82) is 0 Å². The number of likely N-dealkylation sites (N-methyl/N-ethyl adjacent to an activating group) is 1. The van der Waals surface area contributed by atoms with Gasteiger partial charge in [0, 0.05) is 65.4 Å². The molecule has 38 heteroatoms. The number of phenols is 3. The normalized spacial score (nSPS) is 26.2. The van der Waals surface area contributed by atoms with E-state index in [-0.39, 0.29) is 58.7 Å². The van der Waals surface area contributed by atoms with Gasteiger partial charge in [-0.25, -0.2) is 4.79 Å². The van der Waals surface area contributed by atoms with Crippen LogP contribution in [0.1, 0.15) is 133 Å². The molecule has 14 rings (SSSR count). The van der Waals surface area contributed by atoms with Crippen LogP contribution in [0.4, 0.5) is 0 Å². The zero-order chi connectivity index (χ0) is 89.7. The lowest BCUT2D eigenvalue weighted by molar-refractivity contribution is -0.903. The largest absolute Gasteiger partial charge is 0.508 e. The summed E-state index contributed by atoms with van der Waals surface area (Å²) < 4.78 is 40.3. The highest BCUT2D eigenvalue weighted by Gasteiger charge is 2.52. The molecule has 662 valence electrons. The summed E-state index contributed by atoms with van der Waals surface area (Å²) in [5, 5.41) is 140. The first-order valence-corrected chi connectivity index (χ1v) is 40.7. The van der Waals surface area contributed by atoms with Crippen LogP contribution in [0.3, 0.4) is 0 Å². The third kappa shape index (κ3) is 21.0. The highest BCUT2D eigenvalue weighted by atomic mass is 35.5. The van der Waals surface area contributed by atoms with Gasteiger partial charge in [-0.05, 0) is 128 Å². The summed E-state index contributed by atoms with van der Waals surface area (Å²) in [6, 6.07) is 16.2. The van der Waals surface area contributed by atoms with Crippen molar-refractivity contribution in [3.8, 4) is 57.1 Å². The Bertz CT molecular complexity index is 5170. The number of halogens is 2. The van der Waals surface area contributed by atoms with Crippen LogP contribution in [-0.2, 0) is 65.7 Å². The molecular formula is C86H100Cl2N11O25+. The Morgan fingerprint density at radius 1 is 0.685 bits per heavy atom. The van der Waals surface area contributed by atoms with E-state index in [0.29, 0.717) is 17.7 Å². The summed E-state index contributed by atoms with van der Waals surface area (Å²) in [6.45, 7) is 8.06. The number of phenolic OH excluding ortho intramolecular Hbond substituents is 3. The topological polar surface area (TPSA) is 546 Å². The van der Waals surface area contributed by atoms with Crippen molar-refractivity contribution in [2.24, 2.45) is 11.7 Å². The van der Waals surface area contributed by atoms with Crippen LogP contribution in [0, 0.1) is 5.92 Å². The van der Waals surface area contributed by atoms with E-state index >= 15 is 14.4 Å². The molecule has 21 N–H and O–H groups in total. The van der Waals surface area contributed by atoms with Gasteiger partial charge in [0.1, 0.15) is 96.0 Å². The second kappa shape index (κ2) is 38.8. The highest BCUT2D eigenvalue weighted by molar-refractivity contribution is 6.32. The van der Waals surface area contributed by atoms with Crippen LogP contribution >= 0.6 is 23.2 Å². The van der Waals surface area contributed by atoms with Gasteiger partial charge in [0.05, 0.1) is 62.0 Å². The Labute approximate surface area is 721 Å². The van der Waals surface area contributed by atoms with Crippen LogP contribution in [0.5, 0.6) is 46.0 Å². The van der Waals surface area contributed by atoms with Gasteiger partial charge in [0.15, 0.2) is 29.9 Å². The number of amides is 8. The minimum absolute atomic E-state index is 0.113. The number of hydrogen-bond acceptors (Lipinski definition) is 26. The first-order valence-electron chi connectivity index (χ1n) is 40.0. The van der Waals surface area contributed by atoms with Crippen molar-refractivity contribution in [3.05, 3.63) is 188 Å². The van der Waals surface area contributed by atoms with E-state index in [2.05, 4.69) is 74.1 Å². The van der Waals surface area contributed by atoms with Crippen LogP contribution in [0.2, 0.25) is 10.0 Å². The number of aliphatic hydroxyl groups is 6. The van der Waals surface area contributed by atoms with Gasteiger partial charge in [-0.2, -0.15) is 0 Å². The van der Waals surface area contributed by atoms with Crippen molar-refractivity contribution < 1.29 is 127 Å². The zero-order valence-corrected chi connectivity index (χ0v) is 69.8. The van der Waals surface area contributed by atoms with Crippen molar-refractivity contribution >= 4 is 76.4 Å². The quantitative estimate of drug-likeness (QED) is 0.0322. The van der Waals surface area contributed by atoms with Gasteiger partial charge >= 0.3 is 5.97 Å². The molecule has 2 fully saturated rings. The summed E-state index contributed by atoms with van der Waals surface area (Å²) in [4.78, 5) is 132. The number of nitrogens with one attached hydrogen (secondary N) is 9. The number of benzene rings is 7. The molecule has 7 aromatic carbocycles. The molecule has 0 aliphatic carbocycles. The first kappa shape index (κ1) is 91.9. The van der Waals surface area contributed by atoms with Gasteiger partial charge in [0.2, 0.25) is 53.4 Å². The number of fused-ring (bicyclic) bond motifs is 15. The lowest BCUT2D eigenvalue weighted by Crippen LogP contribution is -2.65. The Morgan fingerprint density at radius 3 is 1.94 bits per heavy atom. The number of hydrogen-bond donors (Lipinski definition) is 20. The molecule has 0 spiro atoms. The maximum Gasteiger partial charge on any atom is 0.330 e. The highest BCUT2D eigenvalue weighted by Crippen LogP contribution is 2.50. The molecule has 124 heavy (non-hydrogen) atoms. The monoisotopic (exact) mass is 1760 g/mol. The van der Waals surface area contributed by atoms with E-state index < -0.39 is 237 Å². The number of carboxylic acid groups (broad SMARTS) is 1. The maximum atomic E-state index is 16.3. The second-order valence-electron chi connectivity index (χ2n) is 32.6. The number of nitrogens with zero attached hydrogens (tertiary/aromatic N) is 1. The van der Waals surface area contributed by atoms with Gasteiger partial charge in [0.25, 0.3) is 5.91 Å². The van der Waals surface area contributed by atoms with Gasteiger partial charge in [-0.3, -0.25) is 38.4 Å². The fourth-order valence-corrected chi connectivity index (χ4v) is 16.1. The molecule has 7 heterocycles. The molecular weight excluding hydrogens is 1660 g/mol. The molecule has 7 aromatic rings. The van der Waals surface area contributed by atoms with Crippen LogP contribution in [0.15, 0.2) is 133 Å². The average Bonchev–Trinajstić information content (AvgIpc) is 0.765. The van der Waals surface area contributed by atoms with E-state index in [1.807, 2.05) is 32.0 Å². The average molecular weight is 1760 g/mol. The summed E-state index contributed by atoms with van der Waals surface area (Å²) >= 11 is 14.3. The fraction of sp³-hybridized carbons (Fsp3) is 0.407. The third-order valence-electron chi connectivity index (χ3n) is 22.3. The van der Waals surface area contributed by atoms with E-state index in [1.54, 1.807) is 38.1 Å². The van der Waals surface area contributed by atoms with E-state index in [9.17, 15) is 79.8 Å². The first-order chi connectivity index (χ1) is 58.8. The lowest BCUT2D eigenvalue weighted by atomic mass is 9.84. The van der Waals surface area contributed by atoms with Gasteiger partial charge in [-0.15, -0.1) is 0 Å². The van der Waals surface area contributed by atoms with E-state index in [1.165, 1.54) is 24.7 Å². The predicted octanol–water partition coefficient (Wildman–Crippen LogP) is 3.33. The Kier molecular flexibility index (Phi) is 28.8. The van der Waals surface area contributed by atoms with Crippen molar-refractivity contribution in [2.45, 2.75) is 176 Å². The van der Waals surface area contributed by atoms with Crippen LogP contribution < -0.4 is 67.8 Å². The third-order valence-corrected chi connectivity index (χ3v) is 22.9. The van der Waals surface area contributed by atoms with Crippen molar-refractivity contribution in [1.82, 2.24) is 47.9 Å². The molecule has 11 bridgehead atoms. The molecule has 18 atom stereocenters. The molecule has 0 aromatic heterocycles. The summed E-state index contributed by atoms with van der Waals surface area (Å²) in [7, 11) is 5.74. The number of primary amides is 1. The number of rotatable bonds is 23. The second-order valence-corrected chi connectivity index (χ2v) is 33.4. The Balaban J connectivity index is 0.971. The van der Waals surface area contributed by atoms with E-state index in [0.717, 1.165) is 90.7 Å². The zero-order valence-electron chi connectivity index (χ0n) is 68.3.